The zero-order valence-electron chi connectivity index (χ0n) is 16.6. The number of rotatable bonds is 10. The van der Waals surface area contributed by atoms with Crippen LogP contribution in [-0.2, 0) is 6.54 Å². The molecule has 0 saturated carbocycles. The van der Waals surface area contributed by atoms with E-state index in [9.17, 15) is 4.79 Å². The highest BCUT2D eigenvalue weighted by molar-refractivity contribution is 7.16. The van der Waals surface area contributed by atoms with Gasteiger partial charge in [-0.2, -0.15) is 0 Å². The van der Waals surface area contributed by atoms with Crippen LogP contribution in [0.5, 0.6) is 0 Å². The van der Waals surface area contributed by atoms with Crippen molar-refractivity contribution in [3.05, 3.63) is 51.9 Å². The molecule has 0 spiro atoms. The maximum Gasteiger partial charge on any atom is 0.256 e. The van der Waals surface area contributed by atoms with E-state index in [1.165, 1.54) is 41.7 Å². The lowest BCUT2D eigenvalue weighted by Gasteiger charge is -2.23. The molecule has 0 radical (unpaired) electrons. The van der Waals surface area contributed by atoms with Crippen molar-refractivity contribution in [1.82, 2.24) is 4.90 Å². The number of thiophene rings is 1. The van der Waals surface area contributed by atoms with Crippen molar-refractivity contribution < 1.29 is 4.79 Å². The number of hydrogen-bond acceptors (Lipinski definition) is 3. The Morgan fingerprint density at radius 2 is 1.65 bits per heavy atom. The second-order valence-corrected chi connectivity index (χ2v) is 8.12. The number of aryl methyl sites for hydroxylation is 1. The highest BCUT2D eigenvalue weighted by Crippen LogP contribution is 2.34. The van der Waals surface area contributed by atoms with Crippen molar-refractivity contribution >= 4 is 22.2 Å². The second-order valence-electron chi connectivity index (χ2n) is 6.89. The Morgan fingerprint density at radius 1 is 1.04 bits per heavy atom. The third kappa shape index (κ3) is 5.68. The van der Waals surface area contributed by atoms with Crippen LogP contribution in [0.2, 0.25) is 0 Å². The van der Waals surface area contributed by atoms with E-state index in [1.807, 2.05) is 30.3 Å². The van der Waals surface area contributed by atoms with E-state index >= 15 is 0 Å². The summed E-state index contributed by atoms with van der Waals surface area (Å²) >= 11 is 1.70. The summed E-state index contributed by atoms with van der Waals surface area (Å²) < 4.78 is 0. The molecule has 142 valence electrons. The Labute approximate surface area is 162 Å². The summed E-state index contributed by atoms with van der Waals surface area (Å²) in [6, 6.07) is 9.45. The van der Waals surface area contributed by atoms with Gasteiger partial charge in [0, 0.05) is 22.5 Å². The van der Waals surface area contributed by atoms with Gasteiger partial charge in [0.25, 0.3) is 5.91 Å². The molecule has 1 amide bonds. The molecule has 1 heterocycles. The summed E-state index contributed by atoms with van der Waals surface area (Å²) in [4.78, 5) is 16.4. The third-order valence-corrected chi connectivity index (χ3v) is 5.98. The van der Waals surface area contributed by atoms with Crippen molar-refractivity contribution in [3.63, 3.8) is 0 Å². The number of carbonyl (C=O) groups excluding carboxylic acids is 1. The summed E-state index contributed by atoms with van der Waals surface area (Å²) in [7, 11) is 0. The molecular formula is C22H32N2OS. The summed E-state index contributed by atoms with van der Waals surface area (Å²) in [5, 5.41) is 4.17. The fourth-order valence-corrected chi connectivity index (χ4v) is 4.05. The third-order valence-electron chi connectivity index (χ3n) is 4.81. The maximum absolute atomic E-state index is 12.6. The first-order chi connectivity index (χ1) is 12.6. The van der Waals surface area contributed by atoms with Crippen molar-refractivity contribution in [2.75, 3.05) is 18.4 Å². The van der Waals surface area contributed by atoms with Crippen molar-refractivity contribution in [1.29, 1.82) is 0 Å². The Hall–Kier alpha value is -1.65. The largest absolute Gasteiger partial charge is 0.313 e. The molecule has 0 saturated heterocycles. The van der Waals surface area contributed by atoms with E-state index in [-0.39, 0.29) is 5.91 Å². The van der Waals surface area contributed by atoms with Gasteiger partial charge in [-0.15, -0.1) is 11.3 Å². The van der Waals surface area contributed by atoms with E-state index in [1.54, 1.807) is 11.3 Å². The smallest absolute Gasteiger partial charge is 0.256 e. The quantitative estimate of drug-likeness (QED) is 0.553. The molecule has 0 aliphatic carbocycles. The van der Waals surface area contributed by atoms with Crippen LogP contribution in [-0.4, -0.2) is 23.9 Å². The van der Waals surface area contributed by atoms with E-state index in [2.05, 4.69) is 37.9 Å². The molecule has 1 aromatic heterocycles. The number of anilines is 1. The first kappa shape index (κ1) is 20.7. The molecule has 1 aromatic carbocycles. The van der Waals surface area contributed by atoms with E-state index in [4.69, 9.17) is 0 Å². The van der Waals surface area contributed by atoms with Gasteiger partial charge in [0.15, 0.2) is 0 Å². The lowest BCUT2D eigenvalue weighted by Crippen LogP contribution is -2.26. The van der Waals surface area contributed by atoms with Gasteiger partial charge < -0.3 is 5.32 Å². The molecule has 2 aromatic rings. The molecule has 4 heteroatoms. The van der Waals surface area contributed by atoms with Crippen LogP contribution in [0.15, 0.2) is 30.3 Å². The fourth-order valence-electron chi connectivity index (χ4n) is 2.99. The second kappa shape index (κ2) is 10.5. The highest BCUT2D eigenvalue weighted by Gasteiger charge is 2.18. The first-order valence-electron chi connectivity index (χ1n) is 9.74. The van der Waals surface area contributed by atoms with Gasteiger partial charge in [0.05, 0.1) is 0 Å². The Bertz CT molecular complexity index is 686. The highest BCUT2D eigenvalue weighted by atomic mass is 32.1. The van der Waals surface area contributed by atoms with E-state index in [0.717, 1.165) is 24.6 Å². The fraction of sp³-hybridized carbons (Fsp3) is 0.500. The van der Waals surface area contributed by atoms with Crippen molar-refractivity contribution in [2.24, 2.45) is 0 Å². The lowest BCUT2D eigenvalue weighted by atomic mass is 10.1. The Balaban J connectivity index is 2.17. The van der Waals surface area contributed by atoms with Gasteiger partial charge in [-0.1, -0.05) is 44.9 Å². The van der Waals surface area contributed by atoms with E-state index < -0.39 is 0 Å². The normalized spacial score (nSPS) is 11.1. The topological polar surface area (TPSA) is 32.3 Å². The minimum absolute atomic E-state index is 0.0261. The van der Waals surface area contributed by atoms with Gasteiger partial charge in [-0.25, -0.2) is 0 Å². The summed E-state index contributed by atoms with van der Waals surface area (Å²) in [6.45, 7) is 12.0. The predicted octanol–water partition coefficient (Wildman–Crippen LogP) is 6.02. The predicted molar refractivity (Wildman–Crippen MR) is 113 cm³/mol. The molecule has 0 aliphatic rings. The molecule has 0 aliphatic heterocycles. The SMILES string of the molecule is CCCCN(CCCC)Cc1c(NC(=O)c2ccccc2)sc(C)c1C. The number of benzene rings is 1. The zero-order chi connectivity index (χ0) is 18.9. The van der Waals surface area contributed by atoms with Crippen LogP contribution in [0, 0.1) is 13.8 Å². The van der Waals surface area contributed by atoms with Crippen LogP contribution in [0.1, 0.15) is 65.9 Å². The summed E-state index contributed by atoms with van der Waals surface area (Å²) in [5.41, 5.74) is 3.30. The zero-order valence-corrected chi connectivity index (χ0v) is 17.4. The van der Waals surface area contributed by atoms with Crippen LogP contribution >= 0.6 is 11.3 Å². The maximum atomic E-state index is 12.6. The number of carbonyl (C=O) groups is 1. The van der Waals surface area contributed by atoms with Gasteiger partial charge in [-0.05, 0) is 57.5 Å². The van der Waals surface area contributed by atoms with Crippen LogP contribution in [0.25, 0.3) is 0 Å². The van der Waals surface area contributed by atoms with Gasteiger partial charge in [0.2, 0.25) is 0 Å². The Kier molecular flexibility index (Phi) is 8.33. The Morgan fingerprint density at radius 3 is 2.23 bits per heavy atom. The first-order valence-corrected chi connectivity index (χ1v) is 10.6. The van der Waals surface area contributed by atoms with Crippen LogP contribution in [0.4, 0.5) is 5.00 Å². The van der Waals surface area contributed by atoms with Gasteiger partial charge in [0.1, 0.15) is 5.00 Å². The molecule has 26 heavy (non-hydrogen) atoms. The number of unbranched alkanes of at least 4 members (excludes halogenated alkanes) is 2. The molecule has 0 fully saturated rings. The number of nitrogens with zero attached hydrogens (tertiary/aromatic N) is 1. The number of nitrogens with one attached hydrogen (secondary N) is 1. The van der Waals surface area contributed by atoms with Crippen molar-refractivity contribution in [3.8, 4) is 0 Å². The molecule has 0 atom stereocenters. The van der Waals surface area contributed by atoms with E-state index in [0.29, 0.717) is 5.56 Å². The van der Waals surface area contributed by atoms with Crippen LogP contribution < -0.4 is 5.32 Å². The van der Waals surface area contributed by atoms with Gasteiger partial charge >= 0.3 is 0 Å². The molecule has 3 nitrogen and oxygen atoms in total. The molecule has 0 unspecified atom stereocenters. The monoisotopic (exact) mass is 372 g/mol. The number of hydrogen-bond donors (Lipinski definition) is 1. The molecule has 2 rings (SSSR count). The summed E-state index contributed by atoms with van der Waals surface area (Å²) in [5.74, 6) is -0.0261. The standard InChI is InChI=1S/C22H32N2OS/c1-5-7-14-24(15-8-6-2)16-20-17(3)18(4)26-22(20)23-21(25)19-12-10-9-11-13-19/h9-13H,5-8,14-16H2,1-4H3,(H,23,25). The van der Waals surface area contributed by atoms with Gasteiger partial charge in [-0.3, -0.25) is 9.69 Å². The summed E-state index contributed by atoms with van der Waals surface area (Å²) in [6.07, 6.45) is 4.86. The lowest BCUT2D eigenvalue weighted by molar-refractivity contribution is 0.102. The number of amides is 1. The average molecular weight is 373 g/mol. The molecular weight excluding hydrogens is 340 g/mol. The molecule has 1 N–H and O–H groups in total. The minimum atomic E-state index is -0.0261. The van der Waals surface area contributed by atoms with Crippen LogP contribution in [0.3, 0.4) is 0 Å². The minimum Gasteiger partial charge on any atom is -0.313 e. The van der Waals surface area contributed by atoms with Crippen molar-refractivity contribution in [2.45, 2.75) is 59.9 Å². The molecule has 0 bridgehead atoms. The average Bonchev–Trinajstić information content (AvgIpc) is 2.91.